The topological polar surface area (TPSA) is 38.3 Å². The Hall–Kier alpha value is -1.51. The molecule has 1 fully saturated rings. The fourth-order valence-corrected chi connectivity index (χ4v) is 2.70. The van der Waals surface area contributed by atoms with E-state index in [4.69, 9.17) is 4.74 Å². The van der Waals surface area contributed by atoms with Crippen LogP contribution in [-0.4, -0.2) is 18.6 Å². The summed E-state index contributed by atoms with van der Waals surface area (Å²) < 4.78 is 5.46. The van der Waals surface area contributed by atoms with Crippen molar-refractivity contribution in [3.05, 3.63) is 30.3 Å². The maximum absolute atomic E-state index is 11.9. The van der Waals surface area contributed by atoms with E-state index in [0.717, 1.165) is 12.2 Å². The van der Waals surface area contributed by atoms with E-state index in [9.17, 15) is 4.79 Å². The van der Waals surface area contributed by atoms with Crippen molar-refractivity contribution >= 4 is 5.91 Å². The molecule has 1 aromatic carbocycles. The number of benzene rings is 1. The quantitative estimate of drug-likeness (QED) is 0.904. The van der Waals surface area contributed by atoms with Gasteiger partial charge >= 0.3 is 0 Å². The van der Waals surface area contributed by atoms with E-state index in [0.29, 0.717) is 17.9 Å². The summed E-state index contributed by atoms with van der Waals surface area (Å²) in [5.74, 6) is 1.96. The van der Waals surface area contributed by atoms with E-state index in [1.165, 1.54) is 12.8 Å². The van der Waals surface area contributed by atoms with Crippen LogP contribution in [0.3, 0.4) is 0 Å². The van der Waals surface area contributed by atoms with E-state index < -0.39 is 0 Å². The lowest BCUT2D eigenvalue weighted by molar-refractivity contribution is -0.124. The highest BCUT2D eigenvalue weighted by atomic mass is 16.5. The highest BCUT2D eigenvalue weighted by molar-refractivity contribution is 5.77. The molecule has 2 rings (SSSR count). The first kappa shape index (κ1) is 13.9. The van der Waals surface area contributed by atoms with Crippen LogP contribution in [0.5, 0.6) is 5.75 Å². The van der Waals surface area contributed by atoms with Crippen molar-refractivity contribution in [3.8, 4) is 5.75 Å². The van der Waals surface area contributed by atoms with Gasteiger partial charge in [0.25, 0.3) is 5.91 Å². The summed E-state index contributed by atoms with van der Waals surface area (Å²) >= 11 is 0. The molecule has 0 unspecified atom stereocenters. The molecule has 3 heteroatoms. The van der Waals surface area contributed by atoms with Crippen LogP contribution in [0.15, 0.2) is 30.3 Å². The zero-order chi connectivity index (χ0) is 13.7. The van der Waals surface area contributed by atoms with Crippen LogP contribution in [0.25, 0.3) is 0 Å². The van der Waals surface area contributed by atoms with Gasteiger partial charge in [0.15, 0.2) is 6.61 Å². The Bertz CT molecular complexity index is 404. The third-order valence-corrected chi connectivity index (χ3v) is 4.17. The lowest BCUT2D eigenvalue weighted by Gasteiger charge is -2.34. The standard InChI is InChI=1S/C16H23NO2/c1-12-7-6-10-15(13(12)2)17-16(18)11-19-14-8-4-3-5-9-14/h3-5,8-9,12-13,15H,6-7,10-11H2,1-2H3,(H,17,18)/t12-,13-,15-/m1/s1. The highest BCUT2D eigenvalue weighted by Gasteiger charge is 2.28. The molecule has 0 aromatic heterocycles. The molecule has 104 valence electrons. The second-order valence-electron chi connectivity index (χ2n) is 5.54. The van der Waals surface area contributed by atoms with Gasteiger partial charge in [-0.1, -0.05) is 44.9 Å². The Morgan fingerprint density at radius 1 is 1.26 bits per heavy atom. The normalized spacial score (nSPS) is 26.7. The maximum Gasteiger partial charge on any atom is 0.258 e. The number of carbonyl (C=O) groups is 1. The number of rotatable bonds is 4. The van der Waals surface area contributed by atoms with Crippen LogP contribution in [0.4, 0.5) is 0 Å². The first-order valence-corrected chi connectivity index (χ1v) is 7.14. The van der Waals surface area contributed by atoms with Crippen LogP contribution in [0.2, 0.25) is 0 Å². The molecule has 1 aliphatic rings. The number of para-hydroxylation sites is 1. The number of hydrogen-bond donors (Lipinski definition) is 1. The van der Waals surface area contributed by atoms with Gasteiger partial charge in [-0.2, -0.15) is 0 Å². The molecule has 1 saturated carbocycles. The second-order valence-corrected chi connectivity index (χ2v) is 5.54. The minimum absolute atomic E-state index is 0.0187. The maximum atomic E-state index is 11.9. The molecule has 3 nitrogen and oxygen atoms in total. The largest absolute Gasteiger partial charge is 0.484 e. The molecule has 0 heterocycles. The molecule has 0 saturated heterocycles. The van der Waals surface area contributed by atoms with Gasteiger partial charge in [0.05, 0.1) is 0 Å². The third-order valence-electron chi connectivity index (χ3n) is 4.17. The number of carbonyl (C=O) groups excluding carboxylic acids is 1. The number of hydrogen-bond acceptors (Lipinski definition) is 2. The minimum atomic E-state index is -0.0187. The van der Waals surface area contributed by atoms with Crippen LogP contribution in [-0.2, 0) is 4.79 Å². The summed E-state index contributed by atoms with van der Waals surface area (Å²) in [4.78, 5) is 11.9. The van der Waals surface area contributed by atoms with E-state index >= 15 is 0 Å². The van der Waals surface area contributed by atoms with Gasteiger partial charge in [0.1, 0.15) is 5.75 Å². The van der Waals surface area contributed by atoms with Crippen LogP contribution >= 0.6 is 0 Å². The Kier molecular flexibility index (Phi) is 4.83. The molecule has 0 bridgehead atoms. The first-order valence-electron chi connectivity index (χ1n) is 7.14. The number of amides is 1. The van der Waals surface area contributed by atoms with Crippen molar-refractivity contribution in [1.82, 2.24) is 5.32 Å². The van der Waals surface area contributed by atoms with Gasteiger partial charge in [0.2, 0.25) is 0 Å². The summed E-state index contributed by atoms with van der Waals surface area (Å²) in [5.41, 5.74) is 0. The zero-order valence-electron chi connectivity index (χ0n) is 11.8. The molecule has 0 radical (unpaired) electrons. The SMILES string of the molecule is C[C@@H]1[C@H](C)CCC[C@H]1NC(=O)COc1ccccc1. The minimum Gasteiger partial charge on any atom is -0.484 e. The van der Waals surface area contributed by atoms with Crippen molar-refractivity contribution in [2.24, 2.45) is 11.8 Å². The molecule has 1 aromatic rings. The lowest BCUT2D eigenvalue weighted by atomic mass is 9.78. The summed E-state index contributed by atoms with van der Waals surface area (Å²) in [6.07, 6.45) is 3.56. The van der Waals surface area contributed by atoms with E-state index in [2.05, 4.69) is 19.2 Å². The van der Waals surface area contributed by atoms with Crippen LogP contribution in [0.1, 0.15) is 33.1 Å². The predicted molar refractivity (Wildman–Crippen MR) is 76.0 cm³/mol. The number of ether oxygens (including phenoxy) is 1. The third kappa shape index (κ3) is 3.98. The van der Waals surface area contributed by atoms with Crippen molar-refractivity contribution in [2.75, 3.05) is 6.61 Å². The summed E-state index contributed by atoms with van der Waals surface area (Å²) in [5, 5.41) is 3.11. The smallest absolute Gasteiger partial charge is 0.258 e. The average Bonchev–Trinajstić information content (AvgIpc) is 2.43. The van der Waals surface area contributed by atoms with Gasteiger partial charge in [-0.25, -0.2) is 0 Å². The molecular formula is C16H23NO2. The molecule has 0 aliphatic heterocycles. The van der Waals surface area contributed by atoms with Gasteiger partial charge in [0, 0.05) is 6.04 Å². The fraction of sp³-hybridized carbons (Fsp3) is 0.562. The van der Waals surface area contributed by atoms with E-state index in [1.54, 1.807) is 0 Å². The van der Waals surface area contributed by atoms with Crippen molar-refractivity contribution < 1.29 is 9.53 Å². The van der Waals surface area contributed by atoms with Gasteiger partial charge in [-0.15, -0.1) is 0 Å². The Morgan fingerprint density at radius 3 is 2.74 bits per heavy atom. The van der Waals surface area contributed by atoms with Gasteiger partial charge < -0.3 is 10.1 Å². The van der Waals surface area contributed by atoms with E-state index in [1.807, 2.05) is 30.3 Å². The second kappa shape index (κ2) is 6.60. The lowest BCUT2D eigenvalue weighted by Crippen LogP contribution is -2.45. The molecular weight excluding hydrogens is 238 g/mol. The Morgan fingerprint density at radius 2 is 2.00 bits per heavy atom. The fourth-order valence-electron chi connectivity index (χ4n) is 2.70. The Labute approximate surface area is 115 Å². The first-order chi connectivity index (χ1) is 9.16. The number of nitrogens with one attached hydrogen (secondary N) is 1. The summed E-state index contributed by atoms with van der Waals surface area (Å²) in [7, 11) is 0. The molecule has 1 aliphatic carbocycles. The molecule has 19 heavy (non-hydrogen) atoms. The molecule has 1 N–H and O–H groups in total. The summed E-state index contributed by atoms with van der Waals surface area (Å²) in [6.45, 7) is 4.60. The molecule has 1 amide bonds. The van der Waals surface area contributed by atoms with Gasteiger partial charge in [-0.3, -0.25) is 4.79 Å². The van der Waals surface area contributed by atoms with Crippen molar-refractivity contribution in [2.45, 2.75) is 39.2 Å². The van der Waals surface area contributed by atoms with E-state index in [-0.39, 0.29) is 12.5 Å². The predicted octanol–water partition coefficient (Wildman–Crippen LogP) is 3.01. The Balaban J connectivity index is 1.78. The van der Waals surface area contributed by atoms with Crippen molar-refractivity contribution in [1.29, 1.82) is 0 Å². The van der Waals surface area contributed by atoms with Crippen LogP contribution < -0.4 is 10.1 Å². The molecule has 3 atom stereocenters. The molecule has 0 spiro atoms. The highest BCUT2D eigenvalue weighted by Crippen LogP contribution is 2.29. The average molecular weight is 261 g/mol. The zero-order valence-corrected chi connectivity index (χ0v) is 11.8. The monoisotopic (exact) mass is 261 g/mol. The van der Waals surface area contributed by atoms with Crippen molar-refractivity contribution in [3.63, 3.8) is 0 Å². The summed E-state index contributed by atoms with van der Waals surface area (Å²) in [6, 6.07) is 9.75. The van der Waals surface area contributed by atoms with Crippen LogP contribution in [0, 0.1) is 11.8 Å². The van der Waals surface area contributed by atoms with Gasteiger partial charge in [-0.05, 0) is 30.4 Å².